The Bertz CT molecular complexity index is 775. The fraction of sp³-hybridized carbons (Fsp3) is 0. The van der Waals surface area contributed by atoms with Crippen molar-refractivity contribution in [2.75, 3.05) is 0 Å². The second-order valence-electron chi connectivity index (χ2n) is 3.85. The first-order chi connectivity index (χ1) is 9.92. The molecule has 0 spiro atoms. The second kappa shape index (κ2) is 6.31. The molecule has 21 heavy (non-hydrogen) atoms. The zero-order chi connectivity index (χ0) is 15.6. The van der Waals surface area contributed by atoms with Crippen LogP contribution in [0, 0.1) is 21.4 Å². The van der Waals surface area contributed by atoms with E-state index < -0.39 is 4.92 Å². The maximum atomic E-state index is 11.0. The van der Waals surface area contributed by atoms with Gasteiger partial charge in [0.2, 0.25) is 5.75 Å². The highest BCUT2D eigenvalue weighted by Gasteiger charge is 2.20. The van der Waals surface area contributed by atoms with Crippen molar-refractivity contribution in [2.24, 2.45) is 0 Å². The Morgan fingerprint density at radius 3 is 2.48 bits per heavy atom. The van der Waals surface area contributed by atoms with Gasteiger partial charge in [0.1, 0.15) is 11.8 Å². The summed E-state index contributed by atoms with van der Waals surface area (Å²) in [5, 5.41) is 20.2. The van der Waals surface area contributed by atoms with Crippen LogP contribution >= 0.6 is 39.1 Å². The van der Waals surface area contributed by atoms with E-state index in [0.29, 0.717) is 4.47 Å². The molecule has 0 radical (unpaired) electrons. The molecule has 0 fully saturated rings. The van der Waals surface area contributed by atoms with Crippen LogP contribution in [-0.2, 0) is 0 Å². The summed E-state index contributed by atoms with van der Waals surface area (Å²) in [7, 11) is 0. The average molecular weight is 388 g/mol. The number of hydrogen-bond donors (Lipinski definition) is 0. The van der Waals surface area contributed by atoms with Crippen molar-refractivity contribution in [1.29, 1.82) is 5.26 Å². The van der Waals surface area contributed by atoms with Gasteiger partial charge in [-0.25, -0.2) is 0 Å². The molecule has 0 bridgehead atoms. The summed E-state index contributed by atoms with van der Waals surface area (Å²) >= 11 is 14.9. The topological polar surface area (TPSA) is 76.2 Å². The number of nitriles is 1. The fourth-order valence-corrected chi connectivity index (χ4v) is 2.19. The Hall–Kier alpha value is -1.81. The van der Waals surface area contributed by atoms with Crippen molar-refractivity contribution in [2.45, 2.75) is 0 Å². The Morgan fingerprint density at radius 1 is 1.19 bits per heavy atom. The Balaban J connectivity index is 2.54. The van der Waals surface area contributed by atoms with Gasteiger partial charge >= 0.3 is 5.69 Å². The molecule has 0 aliphatic heterocycles. The number of halogens is 3. The van der Waals surface area contributed by atoms with Crippen molar-refractivity contribution in [3.63, 3.8) is 0 Å². The smallest absolute Gasteiger partial charge is 0.313 e. The predicted octanol–water partition coefficient (Wildman–Crippen LogP) is 5.33. The van der Waals surface area contributed by atoms with Crippen LogP contribution in [0.3, 0.4) is 0 Å². The normalized spacial score (nSPS) is 10.0. The predicted molar refractivity (Wildman–Crippen MR) is 82.0 cm³/mol. The highest BCUT2D eigenvalue weighted by molar-refractivity contribution is 9.10. The van der Waals surface area contributed by atoms with Gasteiger partial charge in [0, 0.05) is 16.6 Å². The van der Waals surface area contributed by atoms with Gasteiger partial charge in [0.05, 0.1) is 20.5 Å². The van der Waals surface area contributed by atoms with Gasteiger partial charge in [-0.2, -0.15) is 5.26 Å². The lowest BCUT2D eigenvalue weighted by atomic mass is 10.2. The third-order valence-corrected chi connectivity index (χ3v) is 3.70. The SMILES string of the molecule is N#Cc1ccc(Br)cc1Oc1cc(Cl)c(Cl)cc1[N+](=O)[O-]. The summed E-state index contributed by atoms with van der Waals surface area (Å²) in [6, 6.07) is 9.01. The number of hydrogen-bond acceptors (Lipinski definition) is 4. The molecule has 0 amide bonds. The lowest BCUT2D eigenvalue weighted by Crippen LogP contribution is -1.95. The van der Waals surface area contributed by atoms with E-state index in [0.717, 1.165) is 6.07 Å². The first-order valence-electron chi connectivity index (χ1n) is 5.43. The molecular formula is C13H5BrCl2N2O3. The summed E-state index contributed by atoms with van der Waals surface area (Å²) in [6.07, 6.45) is 0. The first kappa shape index (κ1) is 15.6. The standard InChI is InChI=1S/C13H5BrCl2N2O3/c14-8-2-1-7(6-17)12(3-8)21-13-5-10(16)9(15)4-11(13)18(19)20/h1-5H. The van der Waals surface area contributed by atoms with Gasteiger partial charge in [0.15, 0.2) is 0 Å². The van der Waals surface area contributed by atoms with E-state index in [1.165, 1.54) is 18.2 Å². The maximum Gasteiger partial charge on any atom is 0.313 e. The molecule has 0 aliphatic rings. The number of nitro groups is 1. The molecule has 0 aromatic heterocycles. The first-order valence-corrected chi connectivity index (χ1v) is 6.98. The summed E-state index contributed by atoms with van der Waals surface area (Å²) < 4.78 is 6.14. The molecule has 0 saturated heterocycles. The average Bonchev–Trinajstić information content (AvgIpc) is 2.42. The highest BCUT2D eigenvalue weighted by atomic mass is 79.9. The summed E-state index contributed by atoms with van der Waals surface area (Å²) in [6.45, 7) is 0. The largest absolute Gasteiger partial charge is 0.449 e. The van der Waals surface area contributed by atoms with Gasteiger partial charge in [0.25, 0.3) is 0 Å². The molecule has 0 atom stereocenters. The van der Waals surface area contributed by atoms with Crippen molar-refractivity contribution < 1.29 is 9.66 Å². The minimum Gasteiger partial charge on any atom is -0.449 e. The zero-order valence-electron chi connectivity index (χ0n) is 10.1. The van der Waals surface area contributed by atoms with E-state index in [1.807, 2.05) is 6.07 Å². The fourth-order valence-electron chi connectivity index (χ4n) is 1.53. The lowest BCUT2D eigenvalue weighted by Gasteiger charge is -2.09. The van der Waals surface area contributed by atoms with Crippen LogP contribution in [0.1, 0.15) is 5.56 Å². The van der Waals surface area contributed by atoms with Crippen molar-refractivity contribution >= 4 is 44.8 Å². The van der Waals surface area contributed by atoms with Gasteiger partial charge in [-0.05, 0) is 18.2 Å². The van der Waals surface area contributed by atoms with Crippen LogP contribution in [0.2, 0.25) is 10.0 Å². The van der Waals surface area contributed by atoms with Crippen LogP contribution in [0.4, 0.5) is 5.69 Å². The summed E-state index contributed by atoms with van der Waals surface area (Å²) in [5.74, 6) is 0.0809. The summed E-state index contributed by atoms with van der Waals surface area (Å²) in [4.78, 5) is 10.4. The molecular weight excluding hydrogens is 383 g/mol. The van der Waals surface area contributed by atoms with E-state index in [2.05, 4.69) is 15.9 Å². The van der Waals surface area contributed by atoms with Crippen LogP contribution in [0.25, 0.3) is 0 Å². The molecule has 0 heterocycles. The number of rotatable bonds is 3. The number of nitrogens with zero attached hydrogens (tertiary/aromatic N) is 2. The third-order valence-electron chi connectivity index (χ3n) is 2.48. The monoisotopic (exact) mass is 386 g/mol. The molecule has 5 nitrogen and oxygen atoms in total. The van der Waals surface area contributed by atoms with Gasteiger partial charge in [-0.1, -0.05) is 39.1 Å². The number of benzene rings is 2. The molecule has 0 saturated carbocycles. The van der Waals surface area contributed by atoms with Crippen molar-refractivity contribution in [3.05, 3.63) is 60.5 Å². The third kappa shape index (κ3) is 3.45. The molecule has 2 rings (SSSR count). The maximum absolute atomic E-state index is 11.0. The molecule has 2 aromatic carbocycles. The molecule has 106 valence electrons. The molecule has 0 N–H and O–H groups in total. The highest BCUT2D eigenvalue weighted by Crippen LogP contribution is 2.39. The van der Waals surface area contributed by atoms with Crippen LogP contribution in [0.5, 0.6) is 11.5 Å². The molecule has 0 aliphatic carbocycles. The quantitative estimate of drug-likeness (QED) is 0.526. The van der Waals surface area contributed by atoms with Gasteiger partial charge in [-0.3, -0.25) is 10.1 Å². The molecule has 0 unspecified atom stereocenters. The molecule has 8 heteroatoms. The van der Waals surface area contributed by atoms with E-state index >= 15 is 0 Å². The number of ether oxygens (including phenoxy) is 1. The van der Waals surface area contributed by atoms with E-state index in [9.17, 15) is 10.1 Å². The van der Waals surface area contributed by atoms with Crippen LogP contribution in [0.15, 0.2) is 34.8 Å². The van der Waals surface area contributed by atoms with Crippen molar-refractivity contribution in [3.8, 4) is 17.6 Å². The van der Waals surface area contributed by atoms with E-state index in [1.54, 1.807) is 6.07 Å². The number of nitro benzene ring substituents is 1. The Morgan fingerprint density at radius 2 is 1.86 bits per heavy atom. The van der Waals surface area contributed by atoms with E-state index in [4.69, 9.17) is 33.2 Å². The Labute approximate surface area is 137 Å². The van der Waals surface area contributed by atoms with Gasteiger partial charge < -0.3 is 4.74 Å². The second-order valence-corrected chi connectivity index (χ2v) is 5.58. The Kier molecular flexibility index (Phi) is 4.68. The van der Waals surface area contributed by atoms with Crippen molar-refractivity contribution in [1.82, 2.24) is 0 Å². The van der Waals surface area contributed by atoms with Crippen LogP contribution in [-0.4, -0.2) is 4.92 Å². The van der Waals surface area contributed by atoms with E-state index in [-0.39, 0.29) is 32.8 Å². The minimum absolute atomic E-state index is 0.0467. The molecule has 2 aromatic rings. The lowest BCUT2D eigenvalue weighted by molar-refractivity contribution is -0.385. The minimum atomic E-state index is -0.637. The zero-order valence-corrected chi connectivity index (χ0v) is 13.2. The van der Waals surface area contributed by atoms with Crippen LogP contribution < -0.4 is 4.74 Å². The summed E-state index contributed by atoms with van der Waals surface area (Å²) in [5.41, 5.74) is -0.105. The van der Waals surface area contributed by atoms with Gasteiger partial charge in [-0.15, -0.1) is 0 Å².